The Hall–Kier alpha value is -8.76. The Labute approximate surface area is 410 Å². The Morgan fingerprint density at radius 3 is 1.46 bits per heavy atom. The molecule has 15 rings (SSSR count). The zero-order chi connectivity index (χ0) is 45.9. The Morgan fingerprint density at radius 1 is 0.300 bits per heavy atom. The van der Waals surface area contributed by atoms with E-state index in [9.17, 15) is 0 Å². The van der Waals surface area contributed by atoms with Crippen molar-refractivity contribution in [1.29, 1.82) is 0 Å². The summed E-state index contributed by atoms with van der Waals surface area (Å²) in [6.07, 6.45) is 0. The summed E-state index contributed by atoms with van der Waals surface area (Å²) in [6.45, 7) is 0. The van der Waals surface area contributed by atoms with Crippen molar-refractivity contribution in [2.45, 2.75) is 5.41 Å². The van der Waals surface area contributed by atoms with Crippen LogP contribution in [0, 0.1) is 0 Å². The number of fused-ring (bicyclic) bond motifs is 18. The third-order valence-electron chi connectivity index (χ3n) is 15.2. The number of hydrogen-bond donors (Lipinski definition) is 0. The van der Waals surface area contributed by atoms with E-state index in [0.29, 0.717) is 0 Å². The average Bonchev–Trinajstić information content (AvgIpc) is 4.05. The molecule has 2 heterocycles. The topological polar surface area (TPSA) is 8.17 Å². The third-order valence-corrected chi connectivity index (χ3v) is 16.4. The predicted molar refractivity (Wildman–Crippen MR) is 296 cm³/mol. The third kappa shape index (κ3) is 5.55. The summed E-state index contributed by atoms with van der Waals surface area (Å²) in [5.41, 5.74) is 21.7. The van der Waals surface area contributed by atoms with Gasteiger partial charge in [-0.25, -0.2) is 0 Å². The number of rotatable bonds is 5. The second-order valence-corrected chi connectivity index (χ2v) is 19.8. The van der Waals surface area contributed by atoms with Gasteiger partial charge in [-0.05, 0) is 152 Å². The zero-order valence-electron chi connectivity index (χ0n) is 38.1. The number of aromatic nitrogens is 1. The molecule has 2 nitrogen and oxygen atoms in total. The molecule has 2 aromatic heterocycles. The first-order valence-electron chi connectivity index (χ1n) is 24.2. The normalized spacial score (nSPS) is 13.0. The van der Waals surface area contributed by atoms with Crippen LogP contribution in [0.3, 0.4) is 0 Å². The molecule has 0 unspecified atom stereocenters. The lowest BCUT2D eigenvalue weighted by Gasteiger charge is -2.36. The van der Waals surface area contributed by atoms with Gasteiger partial charge in [0.25, 0.3) is 0 Å². The van der Waals surface area contributed by atoms with Gasteiger partial charge in [0.05, 0.1) is 16.4 Å². The van der Waals surface area contributed by atoms with Crippen LogP contribution in [0.4, 0.5) is 17.1 Å². The lowest BCUT2D eigenvalue weighted by Crippen LogP contribution is -2.29. The van der Waals surface area contributed by atoms with Crippen molar-refractivity contribution in [2.24, 2.45) is 0 Å². The molecule has 0 atom stereocenters. The van der Waals surface area contributed by atoms with Gasteiger partial charge < -0.3 is 9.47 Å². The summed E-state index contributed by atoms with van der Waals surface area (Å²) in [4.78, 5) is 2.46. The summed E-state index contributed by atoms with van der Waals surface area (Å²) in [6, 6.07) is 95.1. The number of hydrogen-bond acceptors (Lipinski definition) is 2. The van der Waals surface area contributed by atoms with Gasteiger partial charge >= 0.3 is 0 Å². The molecule has 1 spiro atoms. The highest BCUT2D eigenvalue weighted by Crippen LogP contribution is 2.62. The van der Waals surface area contributed by atoms with E-state index in [1.54, 1.807) is 0 Å². The van der Waals surface area contributed by atoms with E-state index in [0.717, 1.165) is 17.1 Å². The molecule has 0 amide bonds. The van der Waals surface area contributed by atoms with E-state index in [1.807, 2.05) is 11.3 Å². The van der Waals surface area contributed by atoms with Gasteiger partial charge in [0.1, 0.15) is 0 Å². The van der Waals surface area contributed by atoms with E-state index in [4.69, 9.17) is 0 Å². The lowest BCUT2D eigenvalue weighted by atomic mass is 9.66. The minimum atomic E-state index is -0.570. The molecule has 0 saturated heterocycles. The summed E-state index contributed by atoms with van der Waals surface area (Å²) in [7, 11) is 0. The monoisotopic (exact) mass is 906 g/mol. The van der Waals surface area contributed by atoms with Crippen LogP contribution in [-0.2, 0) is 5.41 Å². The molecule has 2 aliphatic carbocycles. The van der Waals surface area contributed by atoms with Crippen LogP contribution in [0.5, 0.6) is 0 Å². The highest BCUT2D eigenvalue weighted by molar-refractivity contribution is 7.25. The second-order valence-electron chi connectivity index (χ2n) is 18.7. The molecule has 2 aliphatic rings. The molecule has 0 bridgehead atoms. The van der Waals surface area contributed by atoms with Crippen molar-refractivity contribution < 1.29 is 0 Å². The first-order valence-corrected chi connectivity index (χ1v) is 25.0. The highest BCUT2D eigenvalue weighted by atomic mass is 32.1. The first kappa shape index (κ1) is 39.3. The van der Waals surface area contributed by atoms with Crippen LogP contribution in [0.1, 0.15) is 22.3 Å². The summed E-state index contributed by atoms with van der Waals surface area (Å²) < 4.78 is 4.95. The molecule has 0 fully saturated rings. The largest absolute Gasteiger partial charge is 0.310 e. The number of thiophene rings is 1. The van der Waals surface area contributed by atoms with Gasteiger partial charge in [0.2, 0.25) is 0 Å². The second kappa shape index (κ2) is 15.1. The summed E-state index contributed by atoms with van der Waals surface area (Å²) >= 11 is 1.87. The number of anilines is 3. The molecule has 0 saturated carbocycles. The zero-order valence-corrected chi connectivity index (χ0v) is 38.9. The van der Waals surface area contributed by atoms with E-state index in [2.05, 4.69) is 264 Å². The van der Waals surface area contributed by atoms with Gasteiger partial charge in [0.15, 0.2) is 0 Å². The SMILES string of the molecule is c1ccc(N(c2ccc3c(c2)C2(c4ccccc4-c4ccccc4-c4ccccc42)c2ccccc2-3)c2ccc3sc4ccc(-c5ccc6c(c5)c5ccccc5n6-c5ccccc5)cc4c3c2)cc1. The average molecular weight is 907 g/mol. The molecule has 11 aromatic carbocycles. The van der Waals surface area contributed by atoms with Crippen LogP contribution >= 0.6 is 11.3 Å². The molecule has 326 valence electrons. The Morgan fingerprint density at radius 2 is 0.771 bits per heavy atom. The molecular formula is C67H42N2S. The maximum absolute atomic E-state index is 2.50. The van der Waals surface area contributed by atoms with Gasteiger partial charge in [-0.1, -0.05) is 170 Å². The molecule has 0 N–H and O–H groups in total. The van der Waals surface area contributed by atoms with Crippen LogP contribution in [0.25, 0.3) is 92.2 Å². The predicted octanol–water partition coefficient (Wildman–Crippen LogP) is 18.3. The molecule has 70 heavy (non-hydrogen) atoms. The van der Waals surface area contributed by atoms with E-state index in [-0.39, 0.29) is 0 Å². The van der Waals surface area contributed by atoms with Crippen LogP contribution in [0.2, 0.25) is 0 Å². The van der Waals surface area contributed by atoms with Gasteiger partial charge in [-0.15, -0.1) is 11.3 Å². The van der Waals surface area contributed by atoms with Crippen molar-refractivity contribution in [3.05, 3.63) is 277 Å². The van der Waals surface area contributed by atoms with Crippen molar-refractivity contribution >= 4 is 70.4 Å². The highest BCUT2D eigenvalue weighted by Gasteiger charge is 2.50. The van der Waals surface area contributed by atoms with Gasteiger partial charge in [0, 0.05) is 53.7 Å². The van der Waals surface area contributed by atoms with Crippen molar-refractivity contribution in [2.75, 3.05) is 4.90 Å². The van der Waals surface area contributed by atoms with Crippen LogP contribution < -0.4 is 4.90 Å². The van der Waals surface area contributed by atoms with Crippen molar-refractivity contribution in [1.82, 2.24) is 4.57 Å². The Kier molecular flexibility index (Phi) is 8.48. The number of nitrogens with zero attached hydrogens (tertiary/aromatic N) is 2. The van der Waals surface area contributed by atoms with Gasteiger partial charge in [-0.2, -0.15) is 0 Å². The minimum Gasteiger partial charge on any atom is -0.310 e. The first-order chi connectivity index (χ1) is 34.7. The molecule has 13 aromatic rings. The Bertz CT molecular complexity index is 4190. The van der Waals surface area contributed by atoms with Crippen LogP contribution in [-0.4, -0.2) is 4.57 Å². The fraction of sp³-hybridized carbons (Fsp3) is 0.0149. The fourth-order valence-electron chi connectivity index (χ4n) is 12.3. The number of para-hydroxylation sites is 3. The Balaban J connectivity index is 0.917. The molecular weight excluding hydrogens is 865 g/mol. The number of benzene rings is 11. The maximum Gasteiger partial charge on any atom is 0.0726 e. The molecule has 0 radical (unpaired) electrons. The van der Waals surface area contributed by atoms with E-state index in [1.165, 1.54) is 114 Å². The van der Waals surface area contributed by atoms with Crippen LogP contribution in [0.15, 0.2) is 255 Å². The van der Waals surface area contributed by atoms with E-state index >= 15 is 0 Å². The minimum absolute atomic E-state index is 0.570. The standard InChI is InChI=1S/C67H42N2S/c1-3-17-45(18-4-1)68(48-33-35-54-53-25-11-15-29-61(53)67(62(54)42-48)59-27-13-9-23-51(59)49-21-7-8-22-50(49)52-24-10-14-28-60(52)67)47-34-38-66-58(41-47)57-40-44(32-37-65(57)70-66)43-31-36-64-56(39-43)55-26-12-16-30-63(55)69(64)46-19-5-2-6-20-46/h1-42H. The maximum atomic E-state index is 2.50. The van der Waals surface area contributed by atoms with E-state index < -0.39 is 5.41 Å². The molecule has 0 aliphatic heterocycles. The van der Waals surface area contributed by atoms with Crippen molar-refractivity contribution in [3.8, 4) is 50.2 Å². The fourth-order valence-corrected chi connectivity index (χ4v) is 13.4. The molecule has 3 heteroatoms. The summed E-state index contributed by atoms with van der Waals surface area (Å²) in [5.74, 6) is 0. The smallest absolute Gasteiger partial charge is 0.0726 e. The van der Waals surface area contributed by atoms with Gasteiger partial charge in [-0.3, -0.25) is 0 Å². The summed E-state index contributed by atoms with van der Waals surface area (Å²) in [5, 5.41) is 5.05. The quantitative estimate of drug-likeness (QED) is 0.167. The van der Waals surface area contributed by atoms with Crippen molar-refractivity contribution in [3.63, 3.8) is 0 Å². The lowest BCUT2D eigenvalue weighted by molar-refractivity contribution is 0.775.